The lowest BCUT2D eigenvalue weighted by Crippen LogP contribution is -3.07. The molecular weight excluding hydrogens is 270 g/mol. The highest BCUT2D eigenvalue weighted by Crippen LogP contribution is 2.28. The molecule has 1 aliphatic heterocycles. The van der Waals surface area contributed by atoms with E-state index in [-0.39, 0.29) is 0 Å². The first-order valence-corrected chi connectivity index (χ1v) is 9.09. The van der Waals surface area contributed by atoms with Crippen molar-refractivity contribution in [2.45, 2.75) is 56.5 Å². The van der Waals surface area contributed by atoms with Crippen LogP contribution in [0, 0.1) is 5.92 Å². The van der Waals surface area contributed by atoms with E-state index in [0.29, 0.717) is 5.38 Å². The minimum absolute atomic E-state index is 0.451. The van der Waals surface area contributed by atoms with Crippen molar-refractivity contribution in [2.75, 3.05) is 40.3 Å². The zero-order valence-corrected chi connectivity index (χ0v) is 14.2. The van der Waals surface area contributed by atoms with Gasteiger partial charge in [0, 0.05) is 18.3 Å². The lowest BCUT2D eigenvalue weighted by molar-refractivity contribution is -0.858. The van der Waals surface area contributed by atoms with Crippen LogP contribution in [-0.2, 0) is 0 Å². The summed E-state index contributed by atoms with van der Waals surface area (Å²) in [7, 11) is 4.53. The summed E-state index contributed by atoms with van der Waals surface area (Å²) in [6.07, 6.45) is 10.1. The van der Waals surface area contributed by atoms with Gasteiger partial charge in [-0.05, 0) is 44.4 Å². The molecule has 2 rings (SSSR count). The molecule has 4 heteroatoms. The van der Waals surface area contributed by atoms with E-state index < -0.39 is 0 Å². The number of piperidine rings is 1. The van der Waals surface area contributed by atoms with Gasteiger partial charge in [0.15, 0.2) is 0 Å². The summed E-state index contributed by atoms with van der Waals surface area (Å²) >= 11 is 6.25. The van der Waals surface area contributed by atoms with Crippen LogP contribution in [0.2, 0.25) is 0 Å². The minimum Gasteiger partial charge on any atom is -0.339 e. The standard InChI is InChI=1S/C16H32ClN3/c1-19(2)11-12-20(16-5-3-4-10-18-16)13-14-6-8-15(17)9-7-14/h14-16,18H,3-13H2,1-2H3/p+2. The summed E-state index contributed by atoms with van der Waals surface area (Å²) < 4.78 is 0. The van der Waals surface area contributed by atoms with Crippen molar-refractivity contribution in [3.8, 4) is 0 Å². The number of hydrogen-bond donors (Lipinski definition) is 2. The van der Waals surface area contributed by atoms with Gasteiger partial charge in [-0.15, -0.1) is 11.6 Å². The molecule has 3 nitrogen and oxygen atoms in total. The summed E-state index contributed by atoms with van der Waals surface area (Å²) in [5.41, 5.74) is 0. The molecule has 1 unspecified atom stereocenters. The van der Waals surface area contributed by atoms with E-state index in [1.165, 1.54) is 71.1 Å². The van der Waals surface area contributed by atoms with Gasteiger partial charge in [-0.25, -0.2) is 4.90 Å². The fraction of sp³-hybridized carbons (Fsp3) is 1.00. The summed E-state index contributed by atoms with van der Waals surface area (Å²) in [6, 6.07) is 0. The normalized spacial score (nSPS) is 31.9. The number of nitrogens with zero attached hydrogens (tertiary/aromatic N) is 1. The Balaban J connectivity index is 1.84. The van der Waals surface area contributed by atoms with Crippen LogP contribution in [-0.4, -0.2) is 56.7 Å². The number of likely N-dealkylation sites (N-methyl/N-ethyl adjacent to an activating group) is 1. The number of nitrogens with one attached hydrogen (secondary N) is 1. The van der Waals surface area contributed by atoms with E-state index in [2.05, 4.69) is 24.3 Å². The van der Waals surface area contributed by atoms with E-state index in [1.807, 2.05) is 0 Å². The van der Waals surface area contributed by atoms with Crippen molar-refractivity contribution >= 4 is 11.6 Å². The molecule has 1 saturated carbocycles. The molecule has 0 aromatic rings. The van der Waals surface area contributed by atoms with Gasteiger partial charge in [-0.3, -0.25) is 0 Å². The molecule has 2 fully saturated rings. The Morgan fingerprint density at radius 1 is 1.10 bits per heavy atom. The lowest BCUT2D eigenvalue weighted by Gasteiger charge is -2.36. The average Bonchev–Trinajstić information content (AvgIpc) is 2.46. The van der Waals surface area contributed by atoms with E-state index in [4.69, 9.17) is 11.6 Å². The van der Waals surface area contributed by atoms with Crippen molar-refractivity contribution in [3.05, 3.63) is 0 Å². The third kappa shape index (κ3) is 5.51. The Kier molecular flexibility index (Phi) is 7.09. The quantitative estimate of drug-likeness (QED) is 0.678. The molecule has 0 bridgehead atoms. The van der Waals surface area contributed by atoms with Crippen LogP contribution in [0.3, 0.4) is 0 Å². The Bertz CT molecular complexity index is 258. The molecule has 3 N–H and O–H groups in total. The highest BCUT2D eigenvalue weighted by Gasteiger charge is 2.28. The maximum atomic E-state index is 6.25. The monoisotopic (exact) mass is 303 g/mol. The molecule has 0 aromatic heterocycles. The van der Waals surface area contributed by atoms with E-state index >= 15 is 0 Å². The molecule has 1 heterocycles. The van der Waals surface area contributed by atoms with Gasteiger partial charge in [0.1, 0.15) is 6.17 Å². The van der Waals surface area contributed by atoms with Gasteiger partial charge >= 0.3 is 0 Å². The average molecular weight is 304 g/mol. The summed E-state index contributed by atoms with van der Waals surface area (Å²) in [4.78, 5) is 4.35. The first-order valence-electron chi connectivity index (χ1n) is 8.65. The molecule has 118 valence electrons. The second-order valence-electron chi connectivity index (χ2n) is 7.16. The number of halogens is 1. The maximum Gasteiger partial charge on any atom is 0.142 e. The fourth-order valence-corrected chi connectivity index (χ4v) is 3.91. The fourth-order valence-electron chi connectivity index (χ4n) is 3.65. The van der Waals surface area contributed by atoms with E-state index in [1.54, 1.807) is 4.90 Å². The largest absolute Gasteiger partial charge is 0.339 e. The van der Waals surface area contributed by atoms with Gasteiger partial charge < -0.3 is 10.2 Å². The van der Waals surface area contributed by atoms with Gasteiger partial charge in [-0.1, -0.05) is 0 Å². The second kappa shape index (κ2) is 8.57. The van der Waals surface area contributed by atoms with E-state index in [0.717, 1.165) is 12.1 Å². The third-order valence-corrected chi connectivity index (χ3v) is 5.47. The molecule has 2 aliphatic rings. The van der Waals surface area contributed by atoms with Crippen molar-refractivity contribution < 1.29 is 10.2 Å². The lowest BCUT2D eigenvalue weighted by atomic mass is 9.88. The third-order valence-electron chi connectivity index (χ3n) is 5.03. The predicted molar refractivity (Wildman–Crippen MR) is 85.3 cm³/mol. The minimum atomic E-state index is 0.451. The van der Waals surface area contributed by atoms with Crippen molar-refractivity contribution in [2.24, 2.45) is 5.92 Å². The molecule has 0 amide bonds. The topological polar surface area (TPSA) is 24.3 Å². The Hall–Kier alpha value is 0.170. The van der Waals surface area contributed by atoms with Crippen LogP contribution >= 0.6 is 11.6 Å². The smallest absolute Gasteiger partial charge is 0.142 e. The summed E-state index contributed by atoms with van der Waals surface area (Å²) in [6.45, 7) is 5.14. The second-order valence-corrected chi connectivity index (χ2v) is 7.77. The molecule has 0 radical (unpaired) electrons. The number of alkyl halides is 1. The van der Waals surface area contributed by atoms with Crippen LogP contribution < -0.4 is 10.2 Å². The van der Waals surface area contributed by atoms with Crippen molar-refractivity contribution in [1.29, 1.82) is 0 Å². The highest BCUT2D eigenvalue weighted by atomic mass is 35.5. The van der Waals surface area contributed by atoms with Crippen molar-refractivity contribution in [3.63, 3.8) is 0 Å². The first kappa shape index (κ1) is 16.5. The van der Waals surface area contributed by atoms with Crippen molar-refractivity contribution in [1.82, 2.24) is 4.90 Å². The van der Waals surface area contributed by atoms with Gasteiger partial charge in [-0.2, -0.15) is 0 Å². The summed E-state index contributed by atoms with van der Waals surface area (Å²) in [5.74, 6) is 0.887. The zero-order valence-electron chi connectivity index (χ0n) is 13.4. The molecule has 1 atom stereocenters. The SMILES string of the molecule is C[NH+](C)CCN(CC1CCC(Cl)CC1)C1CCCC[NH2+]1. The predicted octanol–water partition coefficient (Wildman–Crippen LogP) is 0.304. The molecule has 0 aromatic carbocycles. The molecular formula is C16H34ClN3+2. The number of rotatable bonds is 6. The maximum absolute atomic E-state index is 6.25. The first-order chi connectivity index (χ1) is 9.65. The van der Waals surface area contributed by atoms with E-state index in [9.17, 15) is 0 Å². The Morgan fingerprint density at radius 2 is 1.85 bits per heavy atom. The molecule has 0 spiro atoms. The van der Waals surface area contributed by atoms with Gasteiger partial charge in [0.05, 0.1) is 33.7 Å². The zero-order chi connectivity index (χ0) is 14.4. The number of quaternary nitrogens is 2. The summed E-state index contributed by atoms with van der Waals surface area (Å²) in [5, 5.41) is 3.04. The number of nitrogens with two attached hydrogens (primary N) is 1. The Labute approximate surface area is 130 Å². The van der Waals surface area contributed by atoms with Crippen LogP contribution in [0.5, 0.6) is 0 Å². The van der Waals surface area contributed by atoms with Crippen LogP contribution in [0.25, 0.3) is 0 Å². The van der Waals surface area contributed by atoms with Crippen LogP contribution in [0.15, 0.2) is 0 Å². The Morgan fingerprint density at radius 3 is 2.45 bits per heavy atom. The van der Waals surface area contributed by atoms with Gasteiger partial charge in [0.2, 0.25) is 0 Å². The molecule has 20 heavy (non-hydrogen) atoms. The molecule has 1 saturated heterocycles. The molecule has 1 aliphatic carbocycles. The van der Waals surface area contributed by atoms with Gasteiger partial charge in [0.25, 0.3) is 0 Å². The van der Waals surface area contributed by atoms with Crippen LogP contribution in [0.4, 0.5) is 0 Å². The van der Waals surface area contributed by atoms with Crippen LogP contribution in [0.1, 0.15) is 44.9 Å². The number of hydrogen-bond acceptors (Lipinski definition) is 1. The highest BCUT2D eigenvalue weighted by molar-refractivity contribution is 6.20.